The number of esters is 1. The first-order chi connectivity index (χ1) is 18.9. The first-order valence-corrected chi connectivity index (χ1v) is 13.1. The zero-order chi connectivity index (χ0) is 29.0. The Morgan fingerprint density at radius 1 is 1.02 bits per heavy atom. The Hall–Kier alpha value is -4.08. The Balaban J connectivity index is 1.50. The quantitative estimate of drug-likeness (QED) is 0.264. The zero-order valence-electron chi connectivity index (χ0n) is 22.6. The van der Waals surface area contributed by atoms with Gasteiger partial charge in [-0.05, 0) is 82.2 Å². The van der Waals surface area contributed by atoms with Gasteiger partial charge in [-0.25, -0.2) is 22.8 Å². The van der Waals surface area contributed by atoms with Crippen LogP contribution in [-0.4, -0.2) is 28.8 Å². The Morgan fingerprint density at radius 2 is 1.77 bits per heavy atom. The minimum atomic E-state index is -1.16. The molecule has 2 aromatic carbocycles. The lowest BCUT2D eigenvalue weighted by molar-refractivity contribution is 0.0527. The number of carbonyl (C=O) groups is 2. The highest BCUT2D eigenvalue weighted by molar-refractivity contribution is 5.91. The summed E-state index contributed by atoms with van der Waals surface area (Å²) >= 11 is 0. The molecule has 4 rings (SSSR count). The number of pyridine rings is 1. The largest absolute Gasteiger partial charge is 0.444 e. The van der Waals surface area contributed by atoms with Gasteiger partial charge < -0.3 is 14.8 Å². The maximum atomic E-state index is 14.6. The van der Waals surface area contributed by atoms with E-state index in [-0.39, 0.29) is 22.9 Å². The van der Waals surface area contributed by atoms with E-state index in [4.69, 9.17) is 9.47 Å². The van der Waals surface area contributed by atoms with E-state index < -0.39 is 40.7 Å². The van der Waals surface area contributed by atoms with Gasteiger partial charge in [-0.15, -0.1) is 0 Å². The van der Waals surface area contributed by atoms with Gasteiger partial charge in [0.05, 0.1) is 11.3 Å². The van der Waals surface area contributed by atoms with Gasteiger partial charge in [0.25, 0.3) is 5.56 Å². The number of benzene rings is 2. The molecular weight excluding hydrogens is 525 g/mol. The van der Waals surface area contributed by atoms with Gasteiger partial charge in [0.2, 0.25) is 0 Å². The highest BCUT2D eigenvalue weighted by atomic mass is 19.2. The van der Waals surface area contributed by atoms with Crippen molar-refractivity contribution in [3.8, 4) is 11.4 Å². The molecule has 1 fully saturated rings. The Kier molecular flexibility index (Phi) is 8.66. The van der Waals surface area contributed by atoms with E-state index in [0.29, 0.717) is 30.6 Å². The minimum Gasteiger partial charge on any atom is -0.444 e. The molecule has 0 atom stereocenters. The van der Waals surface area contributed by atoms with E-state index in [9.17, 15) is 27.6 Å². The topological polar surface area (TPSA) is 86.6 Å². The number of alkyl carbamates (subject to hydrolysis) is 1. The van der Waals surface area contributed by atoms with Crippen LogP contribution >= 0.6 is 0 Å². The van der Waals surface area contributed by atoms with Crippen molar-refractivity contribution in [3.05, 3.63) is 93.2 Å². The molecule has 1 N–H and O–H groups in total. The average Bonchev–Trinajstić information content (AvgIpc) is 2.83. The van der Waals surface area contributed by atoms with Gasteiger partial charge in [0.1, 0.15) is 17.2 Å². The molecule has 0 unspecified atom stereocenters. The number of nitrogens with zero attached hydrogens (tertiary/aromatic N) is 1. The molecule has 212 valence electrons. The summed E-state index contributed by atoms with van der Waals surface area (Å²) in [6, 6.07) is 10.1. The predicted molar refractivity (Wildman–Crippen MR) is 142 cm³/mol. The molecule has 0 saturated heterocycles. The van der Waals surface area contributed by atoms with Crippen molar-refractivity contribution >= 4 is 12.1 Å². The van der Waals surface area contributed by atoms with Crippen LogP contribution in [0.3, 0.4) is 0 Å². The lowest BCUT2D eigenvalue weighted by Gasteiger charge is -2.29. The van der Waals surface area contributed by atoms with Crippen molar-refractivity contribution in [3.63, 3.8) is 0 Å². The van der Waals surface area contributed by atoms with Gasteiger partial charge in [-0.2, -0.15) is 0 Å². The van der Waals surface area contributed by atoms with Crippen molar-refractivity contribution in [2.75, 3.05) is 6.54 Å². The number of amides is 1. The van der Waals surface area contributed by atoms with E-state index in [1.54, 1.807) is 20.8 Å². The molecule has 1 heterocycles. The number of carbonyl (C=O) groups excluding carboxylic acids is 2. The second-order valence-electron chi connectivity index (χ2n) is 10.7. The summed E-state index contributed by atoms with van der Waals surface area (Å²) in [5, 5.41) is 2.64. The van der Waals surface area contributed by atoms with Crippen LogP contribution in [-0.2, 0) is 11.2 Å². The number of hydrogen-bond acceptors (Lipinski definition) is 5. The SMILES string of the molecule is CC(C)(C)OC(=O)NCCCc1ccc(F)c(C(=O)Oc2cc(C3CCC3)n(-c3cccc(F)c3F)c(=O)c2)c1. The smallest absolute Gasteiger partial charge is 0.407 e. The van der Waals surface area contributed by atoms with Crippen molar-refractivity contribution in [1.29, 1.82) is 0 Å². The summed E-state index contributed by atoms with van der Waals surface area (Å²) in [6.45, 7) is 5.59. The Morgan fingerprint density at radius 3 is 2.45 bits per heavy atom. The molecule has 7 nitrogen and oxygen atoms in total. The number of hydrogen-bond donors (Lipinski definition) is 1. The molecule has 0 radical (unpaired) electrons. The van der Waals surface area contributed by atoms with Gasteiger partial charge in [-0.1, -0.05) is 18.6 Å². The van der Waals surface area contributed by atoms with E-state index >= 15 is 0 Å². The van der Waals surface area contributed by atoms with Crippen LogP contribution in [0.2, 0.25) is 0 Å². The maximum Gasteiger partial charge on any atom is 0.407 e. The monoisotopic (exact) mass is 556 g/mol. The molecule has 3 aromatic rings. The van der Waals surface area contributed by atoms with Crippen LogP contribution in [0, 0.1) is 17.5 Å². The Labute approximate surface area is 229 Å². The summed E-state index contributed by atoms with van der Waals surface area (Å²) in [6.07, 6.45) is 2.77. The zero-order valence-corrected chi connectivity index (χ0v) is 22.6. The normalized spacial score (nSPS) is 13.4. The second kappa shape index (κ2) is 12.0. The van der Waals surface area contributed by atoms with Crippen molar-refractivity contribution in [1.82, 2.24) is 9.88 Å². The second-order valence-corrected chi connectivity index (χ2v) is 10.7. The summed E-state index contributed by atoms with van der Waals surface area (Å²) < 4.78 is 54.7. The van der Waals surface area contributed by atoms with E-state index in [1.807, 2.05) is 0 Å². The van der Waals surface area contributed by atoms with Crippen LogP contribution in [0.15, 0.2) is 53.3 Å². The maximum absolute atomic E-state index is 14.6. The van der Waals surface area contributed by atoms with E-state index in [2.05, 4.69) is 5.32 Å². The highest BCUT2D eigenvalue weighted by Crippen LogP contribution is 2.38. The highest BCUT2D eigenvalue weighted by Gasteiger charge is 2.27. The van der Waals surface area contributed by atoms with Crippen molar-refractivity contribution in [2.45, 2.75) is 64.4 Å². The molecule has 40 heavy (non-hydrogen) atoms. The van der Waals surface area contributed by atoms with Crippen LogP contribution in [0.25, 0.3) is 5.69 Å². The summed E-state index contributed by atoms with van der Waals surface area (Å²) in [5.41, 5.74) is -0.836. The minimum absolute atomic E-state index is 0.108. The third kappa shape index (κ3) is 6.91. The Bertz CT molecular complexity index is 1480. The molecule has 0 spiro atoms. The fourth-order valence-electron chi connectivity index (χ4n) is 4.40. The summed E-state index contributed by atoms with van der Waals surface area (Å²) in [4.78, 5) is 37.7. The van der Waals surface area contributed by atoms with Crippen molar-refractivity contribution < 1.29 is 32.2 Å². The number of nitrogens with one attached hydrogen (secondary N) is 1. The lowest BCUT2D eigenvalue weighted by Crippen LogP contribution is -2.33. The molecule has 1 aliphatic carbocycles. The summed E-state index contributed by atoms with van der Waals surface area (Å²) in [5.74, 6) is -4.26. The first-order valence-electron chi connectivity index (χ1n) is 13.1. The predicted octanol–water partition coefficient (Wildman–Crippen LogP) is 6.20. The van der Waals surface area contributed by atoms with Crippen LogP contribution in [0.1, 0.15) is 74.0 Å². The fraction of sp³-hybridized carbons (Fsp3) is 0.367. The number of aryl methyl sites for hydroxylation is 1. The molecule has 1 saturated carbocycles. The van der Waals surface area contributed by atoms with Crippen LogP contribution < -0.4 is 15.6 Å². The average molecular weight is 557 g/mol. The van der Waals surface area contributed by atoms with Crippen LogP contribution in [0.5, 0.6) is 5.75 Å². The van der Waals surface area contributed by atoms with E-state index in [0.717, 1.165) is 42.0 Å². The molecule has 1 amide bonds. The molecular formula is C30H31F3N2O5. The molecule has 1 aromatic heterocycles. The van der Waals surface area contributed by atoms with Gasteiger partial charge >= 0.3 is 12.1 Å². The number of halogens is 3. The first kappa shape index (κ1) is 28.9. The fourth-order valence-corrected chi connectivity index (χ4v) is 4.40. The number of aromatic nitrogens is 1. The number of ether oxygens (including phenoxy) is 2. The summed E-state index contributed by atoms with van der Waals surface area (Å²) in [7, 11) is 0. The third-order valence-electron chi connectivity index (χ3n) is 6.50. The molecule has 0 bridgehead atoms. The van der Waals surface area contributed by atoms with Gasteiger partial charge in [0.15, 0.2) is 11.6 Å². The number of rotatable bonds is 8. The van der Waals surface area contributed by atoms with Crippen LogP contribution in [0.4, 0.5) is 18.0 Å². The standard InChI is InChI=1S/C30H31F3N2O5/c1-30(2,3)40-29(38)34-14-6-7-18-12-13-22(31)21(15-18)28(37)39-20-16-25(19-8-4-9-19)35(26(36)17-20)24-11-5-10-23(32)27(24)33/h5,10-13,15-17,19H,4,6-9,14H2,1-3H3,(H,34,38). The molecule has 10 heteroatoms. The molecule has 1 aliphatic rings. The van der Waals surface area contributed by atoms with E-state index in [1.165, 1.54) is 30.3 Å². The van der Waals surface area contributed by atoms with Gasteiger partial charge in [-0.3, -0.25) is 9.36 Å². The van der Waals surface area contributed by atoms with Gasteiger partial charge in [0, 0.05) is 24.4 Å². The third-order valence-corrected chi connectivity index (χ3v) is 6.50. The lowest BCUT2D eigenvalue weighted by atomic mass is 9.82. The van der Waals surface area contributed by atoms with Crippen molar-refractivity contribution in [2.24, 2.45) is 0 Å². The molecule has 0 aliphatic heterocycles.